The molecule has 0 radical (unpaired) electrons. The topological polar surface area (TPSA) is 67.6 Å². The van der Waals surface area contributed by atoms with E-state index in [1.54, 1.807) is 0 Å². The number of ether oxygens (including phenoxy) is 1. The summed E-state index contributed by atoms with van der Waals surface area (Å²) in [4.78, 5) is 14.2. The van der Waals surface area contributed by atoms with Gasteiger partial charge in [-0.2, -0.15) is 0 Å². The second-order valence-corrected chi connectivity index (χ2v) is 6.85. The molecule has 0 aliphatic carbocycles. The monoisotopic (exact) mass is 369 g/mol. The van der Waals surface area contributed by atoms with Gasteiger partial charge in [-0.15, -0.1) is 12.4 Å². The highest BCUT2D eigenvalue weighted by Crippen LogP contribution is 2.13. The van der Waals surface area contributed by atoms with Gasteiger partial charge in [-0.3, -0.25) is 9.69 Å². The van der Waals surface area contributed by atoms with Crippen molar-refractivity contribution in [2.75, 3.05) is 32.8 Å². The number of nitrogens with two attached hydrogens (primary N) is 1. The minimum Gasteiger partial charge on any atom is -0.492 e. The zero-order valence-electron chi connectivity index (χ0n) is 15.4. The molecule has 0 saturated carbocycles. The molecule has 0 unspecified atom stereocenters. The van der Waals surface area contributed by atoms with Crippen molar-refractivity contribution in [3.05, 3.63) is 29.8 Å². The minimum atomic E-state index is -0.434. The van der Waals surface area contributed by atoms with Crippen LogP contribution in [0, 0.1) is 5.92 Å². The Kier molecular flexibility index (Phi) is 9.86. The highest BCUT2D eigenvalue weighted by Gasteiger charge is 2.16. The van der Waals surface area contributed by atoms with E-state index in [2.05, 4.69) is 22.3 Å². The number of halogens is 1. The Bertz CT molecular complexity index is 502. The van der Waals surface area contributed by atoms with Gasteiger partial charge in [0.1, 0.15) is 12.4 Å². The Balaban J connectivity index is 0.00000312. The molecule has 1 heterocycles. The van der Waals surface area contributed by atoms with Crippen LogP contribution in [0.2, 0.25) is 0 Å². The van der Waals surface area contributed by atoms with Crippen LogP contribution in [-0.2, 0) is 11.2 Å². The van der Waals surface area contributed by atoms with E-state index in [9.17, 15) is 4.79 Å². The molecule has 1 fully saturated rings. The van der Waals surface area contributed by atoms with Gasteiger partial charge in [-0.1, -0.05) is 26.0 Å². The molecule has 0 bridgehead atoms. The fourth-order valence-corrected chi connectivity index (χ4v) is 2.80. The van der Waals surface area contributed by atoms with Crippen molar-refractivity contribution in [3.63, 3.8) is 0 Å². The van der Waals surface area contributed by atoms with Gasteiger partial charge in [-0.25, -0.2) is 0 Å². The quantitative estimate of drug-likeness (QED) is 0.700. The summed E-state index contributed by atoms with van der Waals surface area (Å²) in [6.45, 7) is 8.66. The number of hydrogen-bond donors (Lipinski definition) is 2. The Morgan fingerprint density at radius 2 is 1.88 bits per heavy atom. The van der Waals surface area contributed by atoms with Crippen molar-refractivity contribution in [2.24, 2.45) is 11.7 Å². The summed E-state index contributed by atoms with van der Waals surface area (Å²) in [6, 6.07) is 7.68. The summed E-state index contributed by atoms with van der Waals surface area (Å²) in [5.74, 6) is 0.984. The zero-order valence-corrected chi connectivity index (χ0v) is 16.2. The van der Waals surface area contributed by atoms with Crippen LogP contribution in [0.25, 0.3) is 0 Å². The summed E-state index contributed by atoms with van der Waals surface area (Å²) >= 11 is 0. The van der Waals surface area contributed by atoms with Gasteiger partial charge in [0.25, 0.3) is 0 Å². The number of likely N-dealkylation sites (tertiary alicyclic amines) is 1. The molecule has 1 aromatic carbocycles. The standard InChI is InChI=1S/C19H31N3O2.ClH/c1-15(2)18(20)19(23)21-10-9-16-5-7-17(8-6-16)24-14-13-22-11-3-4-12-22;/h5-8,15,18H,3-4,9-14,20H2,1-2H3,(H,21,23);1H/t18-;/m0./s1. The minimum absolute atomic E-state index is 0. The maximum Gasteiger partial charge on any atom is 0.237 e. The molecule has 0 spiro atoms. The van der Waals surface area contributed by atoms with Crippen molar-refractivity contribution in [3.8, 4) is 5.75 Å². The summed E-state index contributed by atoms with van der Waals surface area (Å²) < 4.78 is 5.80. The molecular weight excluding hydrogens is 338 g/mol. The number of carbonyl (C=O) groups excluding carboxylic acids is 1. The first-order valence-corrected chi connectivity index (χ1v) is 9.03. The number of carbonyl (C=O) groups is 1. The van der Waals surface area contributed by atoms with Crippen molar-refractivity contribution >= 4 is 18.3 Å². The Labute approximate surface area is 157 Å². The third-order valence-corrected chi connectivity index (χ3v) is 4.53. The summed E-state index contributed by atoms with van der Waals surface area (Å²) in [5.41, 5.74) is 7.00. The molecule has 25 heavy (non-hydrogen) atoms. The first kappa shape index (κ1) is 21.7. The molecule has 1 amide bonds. The lowest BCUT2D eigenvalue weighted by molar-refractivity contribution is -0.123. The fraction of sp³-hybridized carbons (Fsp3) is 0.632. The Hall–Kier alpha value is -1.30. The zero-order chi connectivity index (χ0) is 17.4. The molecule has 1 aromatic rings. The molecule has 3 N–H and O–H groups in total. The normalized spacial score (nSPS) is 15.7. The Morgan fingerprint density at radius 1 is 1.24 bits per heavy atom. The van der Waals surface area contributed by atoms with Crippen molar-refractivity contribution < 1.29 is 9.53 Å². The van der Waals surface area contributed by atoms with Crippen molar-refractivity contribution in [1.82, 2.24) is 10.2 Å². The van der Waals surface area contributed by atoms with E-state index in [-0.39, 0.29) is 24.2 Å². The number of benzene rings is 1. The molecule has 1 atom stereocenters. The molecule has 5 nitrogen and oxygen atoms in total. The fourth-order valence-electron chi connectivity index (χ4n) is 2.80. The molecule has 0 aromatic heterocycles. The summed E-state index contributed by atoms with van der Waals surface area (Å²) in [5, 5.41) is 2.89. The average Bonchev–Trinajstić information content (AvgIpc) is 3.08. The molecule has 1 aliphatic rings. The van der Waals surface area contributed by atoms with Crippen LogP contribution < -0.4 is 15.8 Å². The van der Waals surface area contributed by atoms with Gasteiger partial charge in [-0.05, 0) is 56.0 Å². The van der Waals surface area contributed by atoms with Crippen LogP contribution in [0.5, 0.6) is 5.75 Å². The Morgan fingerprint density at radius 3 is 2.48 bits per heavy atom. The lowest BCUT2D eigenvalue weighted by Crippen LogP contribution is -2.44. The summed E-state index contributed by atoms with van der Waals surface area (Å²) in [7, 11) is 0. The number of amides is 1. The molecule has 142 valence electrons. The number of hydrogen-bond acceptors (Lipinski definition) is 4. The van der Waals surface area contributed by atoms with E-state index in [1.165, 1.54) is 31.5 Å². The third kappa shape index (κ3) is 7.63. The van der Waals surface area contributed by atoms with Gasteiger partial charge >= 0.3 is 0 Å². The number of rotatable bonds is 9. The van der Waals surface area contributed by atoms with E-state index in [1.807, 2.05) is 26.0 Å². The predicted molar refractivity (Wildman–Crippen MR) is 104 cm³/mol. The number of nitrogens with zero attached hydrogens (tertiary/aromatic N) is 1. The maximum atomic E-state index is 11.8. The maximum absolute atomic E-state index is 11.8. The van der Waals surface area contributed by atoms with Gasteiger partial charge in [0.15, 0.2) is 0 Å². The first-order valence-electron chi connectivity index (χ1n) is 9.03. The van der Waals surface area contributed by atoms with Crippen molar-refractivity contribution in [2.45, 2.75) is 39.2 Å². The smallest absolute Gasteiger partial charge is 0.237 e. The lowest BCUT2D eigenvalue weighted by Gasteiger charge is -2.16. The highest BCUT2D eigenvalue weighted by molar-refractivity contribution is 5.85. The lowest BCUT2D eigenvalue weighted by atomic mass is 10.0. The van der Waals surface area contributed by atoms with Gasteiger partial charge < -0.3 is 15.8 Å². The molecule has 2 rings (SSSR count). The third-order valence-electron chi connectivity index (χ3n) is 4.53. The molecule has 1 aliphatic heterocycles. The van der Waals surface area contributed by atoms with Crippen LogP contribution in [0.1, 0.15) is 32.3 Å². The van der Waals surface area contributed by atoms with Crippen LogP contribution in [0.15, 0.2) is 24.3 Å². The van der Waals surface area contributed by atoms with Crippen molar-refractivity contribution in [1.29, 1.82) is 0 Å². The van der Waals surface area contributed by atoms with Crippen LogP contribution >= 0.6 is 12.4 Å². The van der Waals surface area contributed by atoms with E-state index in [4.69, 9.17) is 10.5 Å². The number of nitrogens with one attached hydrogen (secondary N) is 1. The SMILES string of the molecule is CC(C)[C@H](N)C(=O)NCCc1ccc(OCCN2CCCC2)cc1.Cl. The van der Waals surface area contributed by atoms with Crippen LogP contribution in [0.4, 0.5) is 0 Å². The highest BCUT2D eigenvalue weighted by atomic mass is 35.5. The van der Waals surface area contributed by atoms with Gasteiger partial charge in [0.2, 0.25) is 5.91 Å². The molecule has 1 saturated heterocycles. The second-order valence-electron chi connectivity index (χ2n) is 6.85. The summed E-state index contributed by atoms with van der Waals surface area (Å²) in [6.07, 6.45) is 3.42. The van der Waals surface area contributed by atoms with Crippen LogP contribution in [-0.4, -0.2) is 49.6 Å². The average molecular weight is 370 g/mol. The second kappa shape index (κ2) is 11.3. The molecule has 6 heteroatoms. The largest absolute Gasteiger partial charge is 0.492 e. The van der Waals surface area contributed by atoms with E-state index >= 15 is 0 Å². The van der Waals surface area contributed by atoms with E-state index in [0.717, 1.165) is 25.3 Å². The van der Waals surface area contributed by atoms with Crippen LogP contribution in [0.3, 0.4) is 0 Å². The first-order chi connectivity index (χ1) is 11.6. The molecular formula is C19H32ClN3O2. The van der Waals surface area contributed by atoms with E-state index < -0.39 is 6.04 Å². The van der Waals surface area contributed by atoms with Gasteiger partial charge in [0, 0.05) is 13.1 Å². The van der Waals surface area contributed by atoms with E-state index in [0.29, 0.717) is 6.54 Å². The van der Waals surface area contributed by atoms with Gasteiger partial charge in [0.05, 0.1) is 6.04 Å². The predicted octanol–water partition coefficient (Wildman–Crippen LogP) is 2.23.